The van der Waals surface area contributed by atoms with Gasteiger partial charge in [0.05, 0.1) is 18.5 Å². The SMILES string of the molecule is COc1ccc(-n2cnnn2)c(CCC(=O)c2nnn(Cc3cn4cc(C5CC5)ccc4n3)n2)c1F. The number of aromatic nitrogens is 10. The standard InChI is InChI=1S/C23H21FN10O2/c1-36-20-8-6-18(33-13-25-29-31-33)17(22(20)24)5-7-19(35)23-27-30-34(28-23)12-16-11-32-10-15(14-2-3-14)4-9-21(32)26-16/h4,6,8-11,13-14H,2-3,5,7,12H2,1H3. The lowest BCUT2D eigenvalue weighted by Crippen LogP contribution is -2.10. The monoisotopic (exact) mass is 488 g/mol. The van der Waals surface area contributed by atoms with Crippen molar-refractivity contribution in [3.63, 3.8) is 0 Å². The normalized spacial score (nSPS) is 13.4. The van der Waals surface area contributed by atoms with Gasteiger partial charge in [0.15, 0.2) is 11.6 Å². The van der Waals surface area contributed by atoms with Gasteiger partial charge in [0.25, 0.3) is 0 Å². The third-order valence-electron chi connectivity index (χ3n) is 6.18. The van der Waals surface area contributed by atoms with Gasteiger partial charge in [-0.2, -0.15) is 4.80 Å². The van der Waals surface area contributed by atoms with E-state index >= 15 is 4.39 Å². The summed E-state index contributed by atoms with van der Waals surface area (Å²) in [7, 11) is 1.38. The molecule has 4 heterocycles. The van der Waals surface area contributed by atoms with Gasteiger partial charge in [0.2, 0.25) is 11.6 Å². The molecule has 182 valence electrons. The molecule has 0 radical (unpaired) electrons. The molecule has 36 heavy (non-hydrogen) atoms. The number of benzene rings is 1. The van der Waals surface area contributed by atoms with Gasteiger partial charge in [-0.3, -0.25) is 4.79 Å². The summed E-state index contributed by atoms with van der Waals surface area (Å²) in [5.74, 6) is -0.265. The van der Waals surface area contributed by atoms with E-state index in [2.05, 4.69) is 48.2 Å². The third-order valence-corrected chi connectivity index (χ3v) is 6.18. The van der Waals surface area contributed by atoms with E-state index in [1.54, 1.807) is 6.07 Å². The molecule has 0 atom stereocenters. The van der Waals surface area contributed by atoms with Crippen LogP contribution in [0.25, 0.3) is 11.3 Å². The number of carbonyl (C=O) groups is 1. The highest BCUT2D eigenvalue weighted by Gasteiger charge is 2.24. The first kappa shape index (κ1) is 21.9. The molecule has 1 aliphatic rings. The number of fused-ring (bicyclic) bond motifs is 1. The maximum atomic E-state index is 15.0. The lowest BCUT2D eigenvalue weighted by molar-refractivity contribution is 0.0972. The second-order valence-corrected chi connectivity index (χ2v) is 8.63. The van der Waals surface area contributed by atoms with Crippen LogP contribution in [0.4, 0.5) is 4.39 Å². The molecular formula is C23H21FN10O2. The fraction of sp³-hybridized carbons (Fsp3) is 0.304. The number of hydrogen-bond donors (Lipinski definition) is 0. The van der Waals surface area contributed by atoms with E-state index in [1.165, 1.54) is 47.4 Å². The van der Waals surface area contributed by atoms with E-state index in [4.69, 9.17) is 4.74 Å². The van der Waals surface area contributed by atoms with Crippen LogP contribution in [0.3, 0.4) is 0 Å². The molecule has 13 heteroatoms. The maximum Gasteiger partial charge on any atom is 0.240 e. The van der Waals surface area contributed by atoms with E-state index in [1.807, 2.05) is 16.7 Å². The molecule has 1 aromatic carbocycles. The topological polar surface area (TPSA) is 131 Å². The molecule has 5 aromatic rings. The zero-order chi connectivity index (χ0) is 24.6. The highest BCUT2D eigenvalue weighted by Crippen LogP contribution is 2.39. The number of halogens is 1. The molecular weight excluding hydrogens is 467 g/mol. The molecule has 4 aromatic heterocycles. The highest BCUT2D eigenvalue weighted by molar-refractivity contribution is 5.92. The maximum absolute atomic E-state index is 15.0. The molecule has 0 saturated heterocycles. The predicted molar refractivity (Wildman–Crippen MR) is 122 cm³/mol. The molecule has 12 nitrogen and oxygen atoms in total. The Hall–Kier alpha value is -4.55. The van der Waals surface area contributed by atoms with Crippen molar-refractivity contribution >= 4 is 11.4 Å². The van der Waals surface area contributed by atoms with Gasteiger partial charge < -0.3 is 9.14 Å². The van der Waals surface area contributed by atoms with Crippen molar-refractivity contribution in [3.8, 4) is 11.4 Å². The summed E-state index contributed by atoms with van der Waals surface area (Å²) < 4.78 is 23.4. The summed E-state index contributed by atoms with van der Waals surface area (Å²) in [5, 5.41) is 23.1. The second-order valence-electron chi connectivity index (χ2n) is 8.63. The molecule has 0 amide bonds. The quantitative estimate of drug-likeness (QED) is 0.287. The number of ether oxygens (including phenoxy) is 1. The van der Waals surface area contributed by atoms with Crippen LogP contribution >= 0.6 is 0 Å². The number of pyridine rings is 1. The summed E-state index contributed by atoms with van der Waals surface area (Å²) in [6.07, 6.45) is 7.88. The van der Waals surface area contributed by atoms with Crippen molar-refractivity contribution in [2.75, 3.05) is 7.11 Å². The average molecular weight is 488 g/mol. The van der Waals surface area contributed by atoms with Crippen molar-refractivity contribution in [1.82, 2.24) is 49.8 Å². The van der Waals surface area contributed by atoms with E-state index in [0.717, 1.165) is 11.3 Å². The molecule has 1 aliphatic carbocycles. The summed E-state index contributed by atoms with van der Waals surface area (Å²) in [5.41, 5.74) is 3.57. The van der Waals surface area contributed by atoms with Gasteiger partial charge in [-0.1, -0.05) is 6.07 Å². The Morgan fingerprint density at radius 1 is 1.17 bits per heavy atom. The first-order chi connectivity index (χ1) is 17.6. The Bertz CT molecular complexity index is 1550. The van der Waals surface area contributed by atoms with Crippen LogP contribution in [-0.2, 0) is 13.0 Å². The zero-order valence-electron chi connectivity index (χ0n) is 19.3. The Balaban J connectivity index is 1.16. The van der Waals surface area contributed by atoms with E-state index in [-0.39, 0.29) is 42.3 Å². The van der Waals surface area contributed by atoms with Gasteiger partial charge in [0, 0.05) is 24.4 Å². The van der Waals surface area contributed by atoms with E-state index in [0.29, 0.717) is 11.6 Å². The molecule has 0 aliphatic heterocycles. The fourth-order valence-corrected chi connectivity index (χ4v) is 4.18. The van der Waals surface area contributed by atoms with Gasteiger partial charge in [-0.15, -0.1) is 15.3 Å². The number of ketones is 1. The lowest BCUT2D eigenvalue weighted by atomic mass is 10.0. The second kappa shape index (κ2) is 8.91. The van der Waals surface area contributed by atoms with Crippen LogP contribution in [0.5, 0.6) is 5.75 Å². The molecule has 6 rings (SSSR count). The minimum Gasteiger partial charge on any atom is -0.494 e. The first-order valence-corrected chi connectivity index (χ1v) is 11.5. The summed E-state index contributed by atoms with van der Waals surface area (Å²) in [4.78, 5) is 18.7. The molecule has 0 bridgehead atoms. The zero-order valence-corrected chi connectivity index (χ0v) is 19.3. The third kappa shape index (κ3) is 4.19. The van der Waals surface area contributed by atoms with Crippen LogP contribution in [-0.4, -0.2) is 62.7 Å². The number of carbonyl (C=O) groups excluding carboxylic acids is 1. The van der Waals surface area contributed by atoms with Crippen molar-refractivity contribution in [2.45, 2.75) is 38.1 Å². The molecule has 0 unspecified atom stereocenters. The van der Waals surface area contributed by atoms with Crippen molar-refractivity contribution in [1.29, 1.82) is 0 Å². The highest BCUT2D eigenvalue weighted by atomic mass is 19.1. The number of Topliss-reactive ketones (excluding diaryl/α,β-unsaturated/α-hetero) is 1. The van der Waals surface area contributed by atoms with Crippen LogP contribution in [0, 0.1) is 5.82 Å². The average Bonchev–Trinajstić information content (AvgIpc) is 3.24. The van der Waals surface area contributed by atoms with Gasteiger partial charge >= 0.3 is 0 Å². The van der Waals surface area contributed by atoms with Crippen molar-refractivity contribution in [2.24, 2.45) is 0 Å². The first-order valence-electron chi connectivity index (χ1n) is 11.5. The molecule has 0 spiro atoms. The van der Waals surface area contributed by atoms with Gasteiger partial charge in [-0.05, 0) is 64.6 Å². The van der Waals surface area contributed by atoms with Crippen LogP contribution in [0.2, 0.25) is 0 Å². The molecule has 1 fully saturated rings. The minimum absolute atomic E-state index is 0.0385. The number of tetrazole rings is 2. The van der Waals surface area contributed by atoms with E-state index < -0.39 is 5.82 Å². The van der Waals surface area contributed by atoms with E-state index in [9.17, 15) is 4.79 Å². The predicted octanol–water partition coefficient (Wildman–Crippen LogP) is 2.19. The summed E-state index contributed by atoms with van der Waals surface area (Å²) in [6, 6.07) is 7.23. The Labute approximate surface area is 203 Å². The number of methoxy groups -OCH3 is 1. The fourth-order valence-electron chi connectivity index (χ4n) is 4.18. The molecule has 0 N–H and O–H groups in total. The van der Waals surface area contributed by atoms with Gasteiger partial charge in [0.1, 0.15) is 18.5 Å². The largest absolute Gasteiger partial charge is 0.494 e. The van der Waals surface area contributed by atoms with Crippen LogP contribution < -0.4 is 4.74 Å². The Morgan fingerprint density at radius 3 is 2.83 bits per heavy atom. The summed E-state index contributed by atoms with van der Waals surface area (Å²) in [6.45, 7) is 0.273. The van der Waals surface area contributed by atoms with Gasteiger partial charge in [-0.25, -0.2) is 14.1 Å². The smallest absolute Gasteiger partial charge is 0.240 e. The summed E-state index contributed by atoms with van der Waals surface area (Å²) >= 11 is 0. The van der Waals surface area contributed by atoms with Crippen molar-refractivity contribution < 1.29 is 13.9 Å². The van der Waals surface area contributed by atoms with Crippen molar-refractivity contribution in [3.05, 3.63) is 71.4 Å². The number of imidazole rings is 1. The Morgan fingerprint density at radius 2 is 2.06 bits per heavy atom. The number of nitrogens with zero attached hydrogens (tertiary/aromatic N) is 10. The number of rotatable bonds is 9. The van der Waals surface area contributed by atoms with Crippen LogP contribution in [0.1, 0.15) is 52.6 Å². The Kier molecular flexibility index (Phi) is 5.43. The lowest BCUT2D eigenvalue weighted by Gasteiger charge is -2.12. The minimum atomic E-state index is -0.577. The van der Waals surface area contributed by atoms with Crippen LogP contribution in [0.15, 0.2) is 43.0 Å². The number of hydrogen-bond acceptors (Lipinski definition) is 9. The molecule has 1 saturated carbocycles.